The molecule has 124 valence electrons. The molecule has 0 aliphatic rings. The number of hydrogen-bond acceptors (Lipinski definition) is 3. The Morgan fingerprint density at radius 1 is 1.27 bits per heavy atom. The van der Waals surface area contributed by atoms with E-state index in [0.717, 1.165) is 23.5 Å². The highest BCUT2D eigenvalue weighted by Gasteiger charge is 2.22. The second-order valence-corrected chi connectivity index (χ2v) is 6.24. The van der Waals surface area contributed by atoms with Gasteiger partial charge in [-0.1, -0.05) is 13.8 Å². The van der Waals surface area contributed by atoms with E-state index in [4.69, 9.17) is 5.11 Å². The summed E-state index contributed by atoms with van der Waals surface area (Å²) < 4.78 is 1.99. The molecule has 0 saturated heterocycles. The lowest BCUT2D eigenvalue weighted by Gasteiger charge is -2.21. The zero-order valence-corrected chi connectivity index (χ0v) is 14.4. The second-order valence-electron chi connectivity index (χ2n) is 6.24. The van der Waals surface area contributed by atoms with Gasteiger partial charge in [0, 0.05) is 25.7 Å². The first-order chi connectivity index (χ1) is 10.1. The highest BCUT2D eigenvalue weighted by atomic mass is 16.4. The number of aryl methyl sites for hydroxylation is 1. The number of carboxylic acids is 1. The molecule has 6 nitrogen and oxygen atoms in total. The van der Waals surface area contributed by atoms with Crippen LogP contribution < -0.4 is 0 Å². The maximum Gasteiger partial charge on any atom is 0.326 e. The van der Waals surface area contributed by atoms with Crippen LogP contribution in [0.25, 0.3) is 0 Å². The molecule has 1 aromatic heterocycles. The van der Waals surface area contributed by atoms with Crippen LogP contribution in [-0.2, 0) is 22.6 Å². The maximum absolute atomic E-state index is 12.1. The minimum Gasteiger partial charge on any atom is -0.480 e. The summed E-state index contributed by atoms with van der Waals surface area (Å²) in [7, 11) is 1.53. The van der Waals surface area contributed by atoms with E-state index in [-0.39, 0.29) is 5.91 Å². The van der Waals surface area contributed by atoms with Gasteiger partial charge >= 0.3 is 5.97 Å². The molecule has 1 heterocycles. The van der Waals surface area contributed by atoms with Crippen LogP contribution in [0.2, 0.25) is 0 Å². The third-order valence-electron chi connectivity index (χ3n) is 3.99. The Labute approximate surface area is 132 Å². The quantitative estimate of drug-likeness (QED) is 0.836. The Morgan fingerprint density at radius 2 is 1.86 bits per heavy atom. The van der Waals surface area contributed by atoms with Crippen molar-refractivity contribution in [3.63, 3.8) is 0 Å². The fraction of sp³-hybridized carbons (Fsp3) is 0.688. The highest BCUT2D eigenvalue weighted by molar-refractivity contribution is 5.83. The first kappa shape index (κ1) is 18.2. The van der Waals surface area contributed by atoms with Crippen LogP contribution in [-0.4, -0.2) is 44.8 Å². The molecule has 0 aromatic carbocycles. The third-order valence-corrected chi connectivity index (χ3v) is 3.99. The number of aliphatic carboxylic acids is 1. The zero-order chi connectivity index (χ0) is 17.0. The van der Waals surface area contributed by atoms with Crippen molar-refractivity contribution < 1.29 is 14.7 Å². The molecular weight excluding hydrogens is 282 g/mol. The summed E-state index contributed by atoms with van der Waals surface area (Å²) in [6.07, 6.45) is 0.883. The van der Waals surface area contributed by atoms with Crippen molar-refractivity contribution in [3.8, 4) is 0 Å². The van der Waals surface area contributed by atoms with Crippen molar-refractivity contribution in [1.82, 2.24) is 14.7 Å². The number of aromatic nitrogens is 2. The molecule has 22 heavy (non-hydrogen) atoms. The van der Waals surface area contributed by atoms with Crippen molar-refractivity contribution >= 4 is 11.9 Å². The minimum absolute atomic E-state index is 0.162. The SMILES string of the molecule is Cc1nn(CC(C)C)c(C)c1CCC(=O)N(C)C(C)C(=O)O. The van der Waals surface area contributed by atoms with Crippen LogP contribution in [0.15, 0.2) is 0 Å². The number of hydrogen-bond donors (Lipinski definition) is 1. The Kier molecular flexibility index (Phi) is 6.14. The Hall–Kier alpha value is -1.85. The molecular formula is C16H27N3O3. The molecule has 1 atom stereocenters. The van der Waals surface area contributed by atoms with Crippen LogP contribution in [0.4, 0.5) is 0 Å². The molecule has 0 fully saturated rings. The smallest absolute Gasteiger partial charge is 0.326 e. The molecule has 0 aliphatic heterocycles. The van der Waals surface area contributed by atoms with Crippen LogP contribution in [0.3, 0.4) is 0 Å². The monoisotopic (exact) mass is 309 g/mol. The van der Waals surface area contributed by atoms with Gasteiger partial charge in [0.2, 0.25) is 5.91 Å². The van der Waals surface area contributed by atoms with E-state index in [1.54, 1.807) is 0 Å². The average Bonchev–Trinajstić information content (AvgIpc) is 2.68. The molecule has 1 N–H and O–H groups in total. The number of rotatable bonds is 7. The predicted octanol–water partition coefficient (Wildman–Crippen LogP) is 2.02. The zero-order valence-electron chi connectivity index (χ0n) is 14.4. The normalized spacial score (nSPS) is 12.5. The van der Waals surface area contributed by atoms with E-state index in [9.17, 15) is 9.59 Å². The average molecular weight is 309 g/mol. The van der Waals surface area contributed by atoms with Crippen LogP contribution in [0.1, 0.15) is 44.1 Å². The summed E-state index contributed by atoms with van der Waals surface area (Å²) in [5.41, 5.74) is 3.12. The van der Waals surface area contributed by atoms with Gasteiger partial charge in [-0.15, -0.1) is 0 Å². The van der Waals surface area contributed by atoms with Gasteiger partial charge < -0.3 is 10.0 Å². The van der Waals surface area contributed by atoms with Crippen LogP contribution in [0, 0.1) is 19.8 Å². The maximum atomic E-state index is 12.1. The standard InChI is InChI=1S/C16H27N3O3/c1-10(2)9-19-12(4)14(11(3)17-19)7-8-15(20)18(6)13(5)16(21)22/h10,13H,7-9H2,1-6H3,(H,21,22). The number of nitrogens with zero attached hydrogens (tertiary/aromatic N) is 3. The third kappa shape index (κ3) is 4.32. The first-order valence-electron chi connectivity index (χ1n) is 7.66. The molecule has 1 unspecified atom stereocenters. The molecule has 1 rings (SSSR count). The lowest BCUT2D eigenvalue weighted by Crippen LogP contribution is -2.40. The molecule has 6 heteroatoms. The molecule has 0 radical (unpaired) electrons. The van der Waals surface area contributed by atoms with E-state index in [1.807, 2.05) is 18.5 Å². The van der Waals surface area contributed by atoms with E-state index in [0.29, 0.717) is 18.8 Å². The molecule has 1 aromatic rings. The lowest BCUT2D eigenvalue weighted by molar-refractivity contribution is -0.148. The number of carbonyl (C=O) groups excluding carboxylic acids is 1. The lowest BCUT2D eigenvalue weighted by atomic mass is 10.1. The summed E-state index contributed by atoms with van der Waals surface area (Å²) in [6.45, 7) is 10.6. The summed E-state index contributed by atoms with van der Waals surface area (Å²) in [5.74, 6) is -0.645. The van der Waals surface area contributed by atoms with E-state index >= 15 is 0 Å². The fourth-order valence-electron chi connectivity index (χ4n) is 2.41. The number of carboxylic acid groups (broad SMARTS) is 1. The second kappa shape index (κ2) is 7.42. The van der Waals surface area contributed by atoms with Crippen molar-refractivity contribution in [1.29, 1.82) is 0 Å². The van der Waals surface area contributed by atoms with Gasteiger partial charge in [-0.3, -0.25) is 9.48 Å². The summed E-state index contributed by atoms with van der Waals surface area (Å²) >= 11 is 0. The molecule has 0 spiro atoms. The van der Waals surface area contributed by atoms with Gasteiger partial charge in [0.05, 0.1) is 5.69 Å². The Bertz CT molecular complexity index is 549. The molecule has 0 aliphatic carbocycles. The largest absolute Gasteiger partial charge is 0.480 e. The van der Waals surface area contributed by atoms with Crippen molar-refractivity contribution in [2.45, 2.75) is 60.0 Å². The van der Waals surface area contributed by atoms with Gasteiger partial charge in [0.15, 0.2) is 0 Å². The molecule has 1 amide bonds. The number of amides is 1. The van der Waals surface area contributed by atoms with Crippen LogP contribution in [0.5, 0.6) is 0 Å². The van der Waals surface area contributed by atoms with E-state index < -0.39 is 12.0 Å². The van der Waals surface area contributed by atoms with Crippen LogP contribution >= 0.6 is 0 Å². The van der Waals surface area contributed by atoms with Gasteiger partial charge in [0.25, 0.3) is 0 Å². The highest BCUT2D eigenvalue weighted by Crippen LogP contribution is 2.17. The van der Waals surface area contributed by atoms with Gasteiger partial charge in [-0.2, -0.15) is 5.10 Å². The van der Waals surface area contributed by atoms with Crippen molar-refractivity contribution in [3.05, 3.63) is 17.0 Å². The van der Waals surface area contributed by atoms with Gasteiger partial charge in [0.1, 0.15) is 6.04 Å². The summed E-state index contributed by atoms with van der Waals surface area (Å²) in [4.78, 5) is 24.3. The fourth-order valence-corrected chi connectivity index (χ4v) is 2.41. The Balaban J connectivity index is 2.74. The van der Waals surface area contributed by atoms with Gasteiger partial charge in [-0.25, -0.2) is 4.79 Å². The minimum atomic E-state index is -0.993. The summed E-state index contributed by atoms with van der Waals surface area (Å²) in [6, 6.07) is -0.807. The van der Waals surface area contributed by atoms with Gasteiger partial charge in [-0.05, 0) is 38.7 Å². The topological polar surface area (TPSA) is 75.4 Å². The van der Waals surface area contributed by atoms with E-state index in [1.165, 1.54) is 18.9 Å². The molecule has 0 bridgehead atoms. The first-order valence-corrected chi connectivity index (χ1v) is 7.66. The summed E-state index contributed by atoms with van der Waals surface area (Å²) in [5, 5.41) is 13.5. The predicted molar refractivity (Wildman–Crippen MR) is 84.7 cm³/mol. The van der Waals surface area contributed by atoms with E-state index in [2.05, 4.69) is 18.9 Å². The van der Waals surface area contributed by atoms with Crippen molar-refractivity contribution in [2.75, 3.05) is 7.05 Å². The Morgan fingerprint density at radius 3 is 2.36 bits per heavy atom. The number of carbonyl (C=O) groups is 2. The van der Waals surface area contributed by atoms with Crippen molar-refractivity contribution in [2.24, 2.45) is 5.92 Å². The molecule has 0 saturated carbocycles. The number of likely N-dealkylation sites (N-methyl/N-ethyl adjacent to an activating group) is 1.